The first-order chi connectivity index (χ1) is 17.1. The van der Waals surface area contributed by atoms with E-state index in [9.17, 15) is 22.7 Å². The third-order valence-corrected chi connectivity index (χ3v) is 8.40. The third kappa shape index (κ3) is 6.00. The van der Waals surface area contributed by atoms with Gasteiger partial charge in [0.2, 0.25) is 10.0 Å². The number of likely N-dealkylation sites (tertiary alicyclic amines) is 1. The Bertz CT molecular complexity index is 1340. The smallest absolute Gasteiger partial charge is 0.253 e. The van der Waals surface area contributed by atoms with Crippen molar-refractivity contribution in [3.8, 4) is 5.75 Å². The first kappa shape index (κ1) is 26.4. The molecule has 1 aliphatic heterocycles. The summed E-state index contributed by atoms with van der Waals surface area (Å²) in [6, 6.07) is 14.6. The maximum absolute atomic E-state index is 13.6. The van der Waals surface area contributed by atoms with Crippen LogP contribution < -0.4 is 0 Å². The Morgan fingerprint density at radius 2 is 1.47 bits per heavy atom. The molecule has 1 N–H and O–H groups in total. The first-order valence-corrected chi connectivity index (χ1v) is 13.7. The van der Waals surface area contributed by atoms with E-state index in [0.717, 1.165) is 42.7 Å². The molecule has 1 amide bonds. The summed E-state index contributed by atoms with van der Waals surface area (Å²) >= 11 is 12.0. The number of rotatable bonds is 7. The number of sulfonamides is 1. The van der Waals surface area contributed by atoms with Gasteiger partial charge in [-0.2, -0.15) is 4.31 Å². The van der Waals surface area contributed by atoms with Crippen LogP contribution in [-0.2, 0) is 23.1 Å². The molecule has 0 aliphatic carbocycles. The van der Waals surface area contributed by atoms with Crippen LogP contribution in [0.2, 0.25) is 10.0 Å². The average molecular weight is 551 g/mol. The number of aromatic hydroxyl groups is 1. The summed E-state index contributed by atoms with van der Waals surface area (Å²) in [7, 11) is -4.28. The Kier molecular flexibility index (Phi) is 8.20. The van der Waals surface area contributed by atoms with E-state index in [1.807, 2.05) is 4.90 Å². The molecule has 4 rings (SSSR count). The predicted octanol–water partition coefficient (Wildman–Crippen LogP) is 5.86. The molecule has 0 atom stereocenters. The van der Waals surface area contributed by atoms with Crippen molar-refractivity contribution in [2.75, 3.05) is 13.1 Å². The van der Waals surface area contributed by atoms with E-state index >= 15 is 0 Å². The van der Waals surface area contributed by atoms with Gasteiger partial charge in [0.05, 0.1) is 5.02 Å². The molecule has 1 heterocycles. The van der Waals surface area contributed by atoms with Gasteiger partial charge in [0.25, 0.3) is 5.91 Å². The zero-order valence-electron chi connectivity index (χ0n) is 19.3. The first-order valence-electron chi connectivity index (χ1n) is 11.5. The van der Waals surface area contributed by atoms with Crippen LogP contribution in [0.5, 0.6) is 5.75 Å². The van der Waals surface area contributed by atoms with Gasteiger partial charge in [0.15, 0.2) is 5.75 Å². The molecule has 190 valence electrons. The Labute approximate surface area is 219 Å². The minimum absolute atomic E-state index is 0.0458. The number of phenolic OH excluding ortho intramolecular Hbond substituents is 1. The molecule has 0 aromatic heterocycles. The summed E-state index contributed by atoms with van der Waals surface area (Å²) in [6.07, 6.45) is 3.09. The molecule has 6 nitrogen and oxygen atoms in total. The standard InChI is InChI=1S/C26H25Cl2FN2O4S/c27-21-14-23(28)25(32)24(15-21)36(34,35)31(17-19-6-10-22(29)11-7-19)16-18-4-8-20(9-5-18)26(33)30-12-2-1-3-13-30/h4-11,14-15,32H,1-3,12-13,16-17H2. The fraction of sp³-hybridized carbons (Fsp3) is 0.269. The summed E-state index contributed by atoms with van der Waals surface area (Å²) in [5, 5.41) is 10.3. The monoisotopic (exact) mass is 550 g/mol. The molecule has 1 fully saturated rings. The minimum atomic E-state index is -4.28. The highest BCUT2D eigenvalue weighted by Crippen LogP contribution is 2.36. The predicted molar refractivity (Wildman–Crippen MR) is 137 cm³/mol. The van der Waals surface area contributed by atoms with Crippen LogP contribution in [0.25, 0.3) is 0 Å². The summed E-state index contributed by atoms with van der Waals surface area (Å²) in [4.78, 5) is 14.2. The summed E-state index contributed by atoms with van der Waals surface area (Å²) in [5.74, 6) is -1.09. The SMILES string of the molecule is O=C(c1ccc(CN(Cc2ccc(F)cc2)S(=O)(=O)c2cc(Cl)cc(Cl)c2O)cc1)N1CCCCC1. The van der Waals surface area contributed by atoms with Gasteiger partial charge in [-0.1, -0.05) is 47.5 Å². The number of carbonyl (C=O) groups excluding carboxylic acids is 1. The van der Waals surface area contributed by atoms with E-state index in [1.54, 1.807) is 24.3 Å². The van der Waals surface area contributed by atoms with Crippen LogP contribution in [0, 0.1) is 5.82 Å². The normalized spacial score (nSPS) is 14.3. The second-order valence-electron chi connectivity index (χ2n) is 8.68. The van der Waals surface area contributed by atoms with Gasteiger partial charge in [-0.25, -0.2) is 12.8 Å². The maximum atomic E-state index is 13.6. The van der Waals surface area contributed by atoms with Crippen LogP contribution in [0.3, 0.4) is 0 Å². The minimum Gasteiger partial charge on any atom is -0.505 e. The third-order valence-electron chi connectivity index (χ3n) is 6.09. The van der Waals surface area contributed by atoms with Crippen LogP contribution in [0.1, 0.15) is 40.7 Å². The number of carbonyl (C=O) groups is 1. The number of piperidine rings is 1. The highest BCUT2D eigenvalue weighted by atomic mass is 35.5. The van der Waals surface area contributed by atoms with Crippen molar-refractivity contribution in [1.29, 1.82) is 0 Å². The Morgan fingerprint density at radius 3 is 2.06 bits per heavy atom. The topological polar surface area (TPSA) is 77.9 Å². The van der Waals surface area contributed by atoms with Crippen molar-refractivity contribution >= 4 is 39.1 Å². The molecule has 0 unspecified atom stereocenters. The Morgan fingerprint density at radius 1 is 0.917 bits per heavy atom. The van der Waals surface area contributed by atoms with Crippen LogP contribution >= 0.6 is 23.2 Å². The van der Waals surface area contributed by atoms with Crippen LogP contribution in [-0.4, -0.2) is 41.7 Å². The van der Waals surface area contributed by atoms with E-state index in [2.05, 4.69) is 0 Å². The van der Waals surface area contributed by atoms with E-state index in [0.29, 0.717) is 16.7 Å². The number of nitrogens with zero attached hydrogens (tertiary/aromatic N) is 2. The van der Waals surface area contributed by atoms with E-state index in [-0.39, 0.29) is 29.0 Å². The Hall–Kier alpha value is -2.65. The molecule has 0 radical (unpaired) electrons. The van der Waals surface area contributed by atoms with Gasteiger partial charge in [0, 0.05) is 36.8 Å². The molecule has 1 saturated heterocycles. The highest BCUT2D eigenvalue weighted by Gasteiger charge is 2.29. The second-order valence-corrected chi connectivity index (χ2v) is 11.4. The number of benzene rings is 3. The molecular formula is C26H25Cl2FN2O4S. The fourth-order valence-corrected chi connectivity index (χ4v) is 6.29. The number of amides is 1. The van der Waals surface area contributed by atoms with Gasteiger partial charge < -0.3 is 10.0 Å². The number of halogens is 3. The van der Waals surface area contributed by atoms with E-state index in [4.69, 9.17) is 23.2 Å². The summed E-state index contributed by atoms with van der Waals surface area (Å²) in [5.41, 5.74) is 1.71. The molecule has 0 spiro atoms. The molecule has 3 aromatic rings. The van der Waals surface area contributed by atoms with Crippen molar-refractivity contribution in [2.45, 2.75) is 37.2 Å². The summed E-state index contributed by atoms with van der Waals surface area (Å²) in [6.45, 7) is 1.30. The van der Waals surface area contributed by atoms with Crippen molar-refractivity contribution in [1.82, 2.24) is 9.21 Å². The maximum Gasteiger partial charge on any atom is 0.253 e. The number of phenols is 1. The van der Waals surface area contributed by atoms with Crippen LogP contribution in [0.15, 0.2) is 65.6 Å². The average Bonchev–Trinajstić information content (AvgIpc) is 2.87. The molecule has 1 aliphatic rings. The van der Waals surface area contributed by atoms with E-state index < -0.39 is 26.5 Å². The van der Waals surface area contributed by atoms with Gasteiger partial charge in [-0.15, -0.1) is 0 Å². The van der Waals surface area contributed by atoms with Crippen LogP contribution in [0.4, 0.5) is 4.39 Å². The molecule has 3 aromatic carbocycles. The molecule has 0 bridgehead atoms. The summed E-state index contributed by atoms with van der Waals surface area (Å²) < 4.78 is 41.8. The molecule has 10 heteroatoms. The largest absolute Gasteiger partial charge is 0.505 e. The highest BCUT2D eigenvalue weighted by molar-refractivity contribution is 7.89. The number of hydrogen-bond acceptors (Lipinski definition) is 4. The quantitative estimate of drug-likeness (QED) is 0.400. The lowest BCUT2D eigenvalue weighted by molar-refractivity contribution is 0.0724. The van der Waals surface area contributed by atoms with Crippen molar-refractivity contribution in [3.63, 3.8) is 0 Å². The Balaban J connectivity index is 1.64. The van der Waals surface area contributed by atoms with Gasteiger partial charge in [0.1, 0.15) is 10.7 Å². The van der Waals surface area contributed by atoms with E-state index in [1.165, 1.54) is 30.3 Å². The second kappa shape index (κ2) is 11.2. The fourth-order valence-electron chi connectivity index (χ4n) is 4.13. The van der Waals surface area contributed by atoms with Crippen molar-refractivity contribution in [2.24, 2.45) is 0 Å². The molecule has 0 saturated carbocycles. The number of hydrogen-bond donors (Lipinski definition) is 1. The van der Waals surface area contributed by atoms with Gasteiger partial charge in [-0.05, 0) is 66.8 Å². The lowest BCUT2D eigenvalue weighted by atomic mass is 10.1. The molecule has 36 heavy (non-hydrogen) atoms. The lowest BCUT2D eigenvalue weighted by Gasteiger charge is -2.27. The van der Waals surface area contributed by atoms with Crippen molar-refractivity contribution < 1.29 is 22.7 Å². The van der Waals surface area contributed by atoms with Gasteiger partial charge in [-0.3, -0.25) is 4.79 Å². The van der Waals surface area contributed by atoms with Crippen molar-refractivity contribution in [3.05, 3.63) is 93.2 Å². The van der Waals surface area contributed by atoms with Gasteiger partial charge >= 0.3 is 0 Å². The zero-order valence-corrected chi connectivity index (χ0v) is 21.7. The lowest BCUT2D eigenvalue weighted by Crippen LogP contribution is -2.35. The zero-order chi connectivity index (χ0) is 25.9. The molecular weight excluding hydrogens is 526 g/mol.